The van der Waals surface area contributed by atoms with Crippen molar-refractivity contribution in [1.29, 1.82) is 0 Å². The van der Waals surface area contributed by atoms with Crippen LogP contribution in [0.15, 0.2) is 18.2 Å². The number of rotatable bonds is 6. The predicted octanol–water partition coefficient (Wildman–Crippen LogP) is 2.78. The molecule has 1 N–H and O–H groups in total. The highest BCUT2D eigenvalue weighted by Crippen LogP contribution is 2.12. The summed E-state index contributed by atoms with van der Waals surface area (Å²) < 4.78 is 0. The summed E-state index contributed by atoms with van der Waals surface area (Å²) in [5.74, 6) is 0. The summed E-state index contributed by atoms with van der Waals surface area (Å²) in [6.07, 6.45) is 1.13. The zero-order chi connectivity index (χ0) is 13.8. The molecule has 1 aromatic carbocycles. The molecule has 0 fully saturated rings. The van der Waals surface area contributed by atoms with Gasteiger partial charge in [-0.25, -0.2) is 0 Å². The average molecular weight is 248 g/mol. The molecule has 1 rings (SSSR count). The Morgan fingerprint density at radius 2 is 1.89 bits per heavy atom. The van der Waals surface area contributed by atoms with Gasteiger partial charge in [0.1, 0.15) is 0 Å². The molecule has 2 nitrogen and oxygen atoms in total. The minimum Gasteiger partial charge on any atom is -0.314 e. The van der Waals surface area contributed by atoms with Gasteiger partial charge in [-0.3, -0.25) is 0 Å². The fraction of sp³-hybridized carbons (Fsp3) is 0.625. The van der Waals surface area contributed by atoms with Crippen LogP contribution in [-0.2, 0) is 6.42 Å². The Kier molecular flexibility index (Phi) is 5.36. The largest absolute Gasteiger partial charge is 0.314 e. The van der Waals surface area contributed by atoms with Crippen molar-refractivity contribution in [2.45, 2.75) is 39.7 Å². The van der Waals surface area contributed by atoms with Crippen LogP contribution in [0.25, 0.3) is 0 Å². The molecule has 0 radical (unpaired) electrons. The summed E-state index contributed by atoms with van der Waals surface area (Å²) in [4.78, 5) is 2.40. The average Bonchev–Trinajstić information content (AvgIpc) is 2.27. The second-order valence-electron chi connectivity index (χ2n) is 6.05. The zero-order valence-electron chi connectivity index (χ0n) is 12.8. The lowest BCUT2D eigenvalue weighted by molar-refractivity contribution is 0.246. The van der Waals surface area contributed by atoms with Gasteiger partial charge in [0.25, 0.3) is 0 Å². The Bertz CT molecular complexity index is 383. The summed E-state index contributed by atoms with van der Waals surface area (Å²) in [6.45, 7) is 11.0. The highest BCUT2D eigenvalue weighted by molar-refractivity contribution is 5.30. The smallest absolute Gasteiger partial charge is 0.0249 e. The van der Waals surface area contributed by atoms with E-state index >= 15 is 0 Å². The Morgan fingerprint density at radius 3 is 2.44 bits per heavy atom. The molecular weight excluding hydrogens is 220 g/mol. The zero-order valence-corrected chi connectivity index (χ0v) is 12.8. The summed E-state index contributed by atoms with van der Waals surface area (Å²) in [5, 5.41) is 3.35. The third-order valence-electron chi connectivity index (χ3n) is 3.60. The van der Waals surface area contributed by atoms with Crippen molar-refractivity contribution in [3.8, 4) is 0 Å². The first-order chi connectivity index (χ1) is 8.34. The first kappa shape index (κ1) is 15.2. The predicted molar refractivity (Wildman–Crippen MR) is 80.3 cm³/mol. The van der Waals surface area contributed by atoms with E-state index in [9.17, 15) is 0 Å². The molecule has 2 heteroatoms. The molecule has 0 aliphatic heterocycles. The van der Waals surface area contributed by atoms with Crippen molar-refractivity contribution in [3.05, 3.63) is 34.9 Å². The molecule has 0 atom stereocenters. The van der Waals surface area contributed by atoms with Crippen LogP contribution in [-0.4, -0.2) is 37.6 Å². The van der Waals surface area contributed by atoms with Crippen molar-refractivity contribution in [3.63, 3.8) is 0 Å². The van der Waals surface area contributed by atoms with Gasteiger partial charge >= 0.3 is 0 Å². The lowest BCUT2D eigenvalue weighted by Crippen LogP contribution is -2.46. The van der Waals surface area contributed by atoms with E-state index in [4.69, 9.17) is 0 Å². The Morgan fingerprint density at radius 1 is 1.22 bits per heavy atom. The summed E-state index contributed by atoms with van der Waals surface area (Å²) >= 11 is 0. The molecule has 1 aromatic rings. The van der Waals surface area contributed by atoms with E-state index in [-0.39, 0.29) is 5.54 Å². The second-order valence-corrected chi connectivity index (χ2v) is 6.05. The van der Waals surface area contributed by atoms with Gasteiger partial charge < -0.3 is 10.2 Å². The van der Waals surface area contributed by atoms with Gasteiger partial charge in [-0.15, -0.1) is 0 Å². The third-order valence-corrected chi connectivity index (χ3v) is 3.60. The molecule has 0 unspecified atom stereocenters. The van der Waals surface area contributed by atoms with Gasteiger partial charge in [-0.05, 0) is 59.3 Å². The van der Waals surface area contributed by atoms with Gasteiger partial charge in [0.05, 0.1) is 0 Å². The minimum atomic E-state index is 0.178. The summed E-state index contributed by atoms with van der Waals surface area (Å²) in [7, 11) is 4.22. The minimum absolute atomic E-state index is 0.178. The van der Waals surface area contributed by atoms with Gasteiger partial charge in [0, 0.05) is 18.6 Å². The van der Waals surface area contributed by atoms with E-state index in [0.29, 0.717) is 0 Å². The van der Waals surface area contributed by atoms with Crippen molar-refractivity contribution >= 4 is 0 Å². The second kappa shape index (κ2) is 6.35. The van der Waals surface area contributed by atoms with E-state index in [1.54, 1.807) is 0 Å². The van der Waals surface area contributed by atoms with Gasteiger partial charge in [0.2, 0.25) is 0 Å². The number of nitrogens with one attached hydrogen (secondary N) is 1. The molecule has 0 aromatic heterocycles. The highest BCUT2D eigenvalue weighted by Gasteiger charge is 2.16. The van der Waals surface area contributed by atoms with Crippen molar-refractivity contribution < 1.29 is 0 Å². The quantitative estimate of drug-likeness (QED) is 0.833. The lowest BCUT2D eigenvalue weighted by Gasteiger charge is -2.30. The number of aryl methyl sites for hydroxylation is 2. The van der Waals surface area contributed by atoms with E-state index in [1.807, 2.05) is 7.05 Å². The molecule has 0 aliphatic carbocycles. The SMILES string of the molecule is CNC(C)(C)CN(C)CCc1ccc(C)cc1C. The van der Waals surface area contributed by atoms with E-state index in [1.165, 1.54) is 16.7 Å². The molecule has 102 valence electrons. The maximum absolute atomic E-state index is 3.35. The molecule has 0 amide bonds. The van der Waals surface area contributed by atoms with Crippen LogP contribution < -0.4 is 5.32 Å². The lowest BCUT2D eigenvalue weighted by atomic mass is 10.0. The third kappa shape index (κ3) is 4.79. The van der Waals surface area contributed by atoms with Crippen LogP contribution in [0, 0.1) is 13.8 Å². The molecule has 0 saturated carbocycles. The number of benzene rings is 1. The van der Waals surface area contributed by atoms with Crippen molar-refractivity contribution in [1.82, 2.24) is 10.2 Å². The first-order valence-corrected chi connectivity index (χ1v) is 6.77. The topological polar surface area (TPSA) is 15.3 Å². The number of hydrogen-bond acceptors (Lipinski definition) is 2. The first-order valence-electron chi connectivity index (χ1n) is 6.77. The monoisotopic (exact) mass is 248 g/mol. The number of hydrogen-bond donors (Lipinski definition) is 1. The molecule has 0 bridgehead atoms. The fourth-order valence-electron chi connectivity index (χ4n) is 2.27. The van der Waals surface area contributed by atoms with Gasteiger partial charge in [-0.1, -0.05) is 23.8 Å². The molecule has 18 heavy (non-hydrogen) atoms. The molecule has 0 spiro atoms. The molecular formula is C16H28N2. The maximum atomic E-state index is 3.35. The van der Waals surface area contributed by atoms with Gasteiger partial charge in [-0.2, -0.15) is 0 Å². The normalized spacial score (nSPS) is 12.2. The number of likely N-dealkylation sites (N-methyl/N-ethyl adjacent to an activating group) is 2. The van der Waals surface area contributed by atoms with Crippen LogP contribution in [0.4, 0.5) is 0 Å². The summed E-state index contributed by atoms with van der Waals surface area (Å²) in [5.41, 5.74) is 4.41. The van der Waals surface area contributed by atoms with Crippen LogP contribution in [0.2, 0.25) is 0 Å². The maximum Gasteiger partial charge on any atom is 0.0249 e. The Hall–Kier alpha value is -0.860. The molecule has 0 aliphatic rings. The highest BCUT2D eigenvalue weighted by atomic mass is 15.1. The van der Waals surface area contributed by atoms with Crippen LogP contribution in [0.1, 0.15) is 30.5 Å². The van der Waals surface area contributed by atoms with E-state index in [2.05, 4.69) is 63.2 Å². The van der Waals surface area contributed by atoms with Crippen molar-refractivity contribution in [2.75, 3.05) is 27.2 Å². The molecule has 0 heterocycles. The van der Waals surface area contributed by atoms with E-state index < -0.39 is 0 Å². The van der Waals surface area contributed by atoms with E-state index in [0.717, 1.165) is 19.5 Å². The van der Waals surface area contributed by atoms with Crippen LogP contribution >= 0.6 is 0 Å². The Balaban J connectivity index is 2.50. The van der Waals surface area contributed by atoms with Crippen LogP contribution in [0.3, 0.4) is 0 Å². The summed E-state index contributed by atoms with van der Waals surface area (Å²) in [6, 6.07) is 6.74. The molecule has 0 saturated heterocycles. The standard InChI is InChI=1S/C16H28N2/c1-13-7-8-15(14(2)11-13)9-10-18(6)12-16(3,4)17-5/h7-8,11,17H,9-10,12H2,1-6H3. The Labute approximate surface area is 112 Å². The number of nitrogens with zero attached hydrogens (tertiary/aromatic N) is 1. The van der Waals surface area contributed by atoms with Crippen LogP contribution in [0.5, 0.6) is 0 Å². The van der Waals surface area contributed by atoms with Gasteiger partial charge in [0.15, 0.2) is 0 Å². The fourth-order valence-corrected chi connectivity index (χ4v) is 2.27. The van der Waals surface area contributed by atoms with Crippen molar-refractivity contribution in [2.24, 2.45) is 0 Å².